The van der Waals surface area contributed by atoms with Crippen molar-refractivity contribution in [1.82, 2.24) is 29.2 Å². The van der Waals surface area contributed by atoms with Crippen molar-refractivity contribution in [2.75, 3.05) is 26.3 Å². The minimum absolute atomic E-state index is 0.0617. The monoisotopic (exact) mass is 408 g/mol. The molecule has 2 unspecified atom stereocenters. The average molecular weight is 409 g/mol. The molecule has 30 heavy (non-hydrogen) atoms. The number of H-pyrrole nitrogens is 1. The van der Waals surface area contributed by atoms with E-state index in [0.717, 1.165) is 68.6 Å². The number of nitrogens with one attached hydrogen (secondary N) is 1. The van der Waals surface area contributed by atoms with E-state index in [2.05, 4.69) is 38.0 Å². The van der Waals surface area contributed by atoms with Gasteiger partial charge in [0.05, 0.1) is 17.6 Å². The Bertz CT molecular complexity index is 1080. The second kappa shape index (κ2) is 7.92. The minimum Gasteiger partial charge on any atom is -0.381 e. The topological polar surface area (TPSA) is 88.4 Å². The smallest absolute Gasteiger partial charge is 0.274 e. The van der Waals surface area contributed by atoms with Gasteiger partial charge in [-0.25, -0.2) is 4.98 Å². The van der Waals surface area contributed by atoms with Crippen LogP contribution >= 0.6 is 0 Å². The second-order valence-corrected chi connectivity index (χ2v) is 8.72. The molecule has 0 aliphatic carbocycles. The van der Waals surface area contributed by atoms with Crippen LogP contribution in [0.4, 0.5) is 0 Å². The Kier molecular flexibility index (Phi) is 5.12. The summed E-state index contributed by atoms with van der Waals surface area (Å²) in [6.45, 7) is 8.34. The number of aromatic amines is 1. The van der Waals surface area contributed by atoms with E-state index < -0.39 is 0 Å². The standard InChI is InChI=1S/C22H28N6O2/c1-14-10-27(11-17-8-23-15(2)7-24-17)12-18(14)19-13-28-20(22(29)26-19)9-25-21(28)16-3-5-30-6-4-16/h7-9,13-14,16,18H,3-6,10-12H2,1-2H3,(H,26,29). The molecule has 5 rings (SSSR count). The molecule has 2 atom stereocenters. The lowest BCUT2D eigenvalue weighted by Gasteiger charge is -2.21. The molecule has 2 aliphatic heterocycles. The molecule has 0 bridgehead atoms. The van der Waals surface area contributed by atoms with E-state index in [1.165, 1.54) is 0 Å². The van der Waals surface area contributed by atoms with Crippen molar-refractivity contribution in [2.45, 2.75) is 45.1 Å². The van der Waals surface area contributed by atoms with Crippen LogP contribution in [0.1, 0.15) is 54.5 Å². The average Bonchev–Trinajstić information content (AvgIpc) is 3.34. The second-order valence-electron chi connectivity index (χ2n) is 8.72. The number of likely N-dealkylation sites (tertiary alicyclic amines) is 1. The lowest BCUT2D eigenvalue weighted by atomic mass is 9.95. The molecule has 3 aromatic rings. The van der Waals surface area contributed by atoms with Gasteiger partial charge in [-0.3, -0.25) is 24.1 Å². The summed E-state index contributed by atoms with van der Waals surface area (Å²) in [6.07, 6.45) is 9.37. The van der Waals surface area contributed by atoms with Gasteiger partial charge in [0, 0.05) is 69.0 Å². The van der Waals surface area contributed by atoms with E-state index in [0.29, 0.717) is 17.4 Å². The Morgan fingerprint density at radius 1 is 1.13 bits per heavy atom. The highest BCUT2D eigenvalue weighted by Gasteiger charge is 2.32. The fourth-order valence-corrected chi connectivity index (χ4v) is 4.82. The summed E-state index contributed by atoms with van der Waals surface area (Å²) in [5.41, 5.74) is 3.46. The van der Waals surface area contributed by atoms with Crippen molar-refractivity contribution in [3.8, 4) is 0 Å². The summed E-state index contributed by atoms with van der Waals surface area (Å²) in [7, 11) is 0. The predicted molar refractivity (Wildman–Crippen MR) is 113 cm³/mol. The molecule has 8 heteroatoms. The molecule has 0 aromatic carbocycles. The third kappa shape index (κ3) is 3.65. The minimum atomic E-state index is -0.0617. The van der Waals surface area contributed by atoms with Gasteiger partial charge in [0.2, 0.25) is 0 Å². The number of fused-ring (bicyclic) bond motifs is 1. The summed E-state index contributed by atoms with van der Waals surface area (Å²) >= 11 is 0. The summed E-state index contributed by atoms with van der Waals surface area (Å²) in [4.78, 5) is 31.8. The quantitative estimate of drug-likeness (QED) is 0.712. The number of aryl methyl sites for hydroxylation is 1. The number of aromatic nitrogens is 5. The van der Waals surface area contributed by atoms with Gasteiger partial charge < -0.3 is 9.72 Å². The molecule has 158 valence electrons. The van der Waals surface area contributed by atoms with Crippen LogP contribution in [0.25, 0.3) is 5.52 Å². The Balaban J connectivity index is 1.41. The van der Waals surface area contributed by atoms with Gasteiger partial charge in [-0.1, -0.05) is 6.92 Å². The van der Waals surface area contributed by atoms with Crippen LogP contribution in [0.5, 0.6) is 0 Å². The van der Waals surface area contributed by atoms with Gasteiger partial charge in [0.1, 0.15) is 11.3 Å². The molecule has 3 aromatic heterocycles. The molecule has 0 saturated carbocycles. The van der Waals surface area contributed by atoms with Crippen molar-refractivity contribution >= 4 is 5.52 Å². The van der Waals surface area contributed by atoms with Gasteiger partial charge in [-0.05, 0) is 25.7 Å². The number of ether oxygens (including phenoxy) is 1. The van der Waals surface area contributed by atoms with Gasteiger partial charge >= 0.3 is 0 Å². The highest BCUT2D eigenvalue weighted by molar-refractivity contribution is 5.45. The first kappa shape index (κ1) is 19.4. The number of imidazole rings is 1. The van der Waals surface area contributed by atoms with Crippen LogP contribution in [-0.4, -0.2) is 55.5 Å². The van der Waals surface area contributed by atoms with E-state index in [1.54, 1.807) is 6.20 Å². The lowest BCUT2D eigenvalue weighted by molar-refractivity contribution is 0.0835. The van der Waals surface area contributed by atoms with Crippen LogP contribution < -0.4 is 5.56 Å². The van der Waals surface area contributed by atoms with Crippen molar-refractivity contribution in [1.29, 1.82) is 0 Å². The first-order valence-corrected chi connectivity index (χ1v) is 10.8. The van der Waals surface area contributed by atoms with Crippen LogP contribution in [0, 0.1) is 12.8 Å². The van der Waals surface area contributed by atoms with Gasteiger partial charge in [-0.15, -0.1) is 0 Å². The summed E-state index contributed by atoms with van der Waals surface area (Å²) in [6, 6.07) is 0. The van der Waals surface area contributed by atoms with E-state index in [4.69, 9.17) is 4.74 Å². The first-order valence-electron chi connectivity index (χ1n) is 10.8. The molecule has 0 radical (unpaired) electrons. The molecular formula is C22H28N6O2. The van der Waals surface area contributed by atoms with Crippen molar-refractivity contribution < 1.29 is 4.74 Å². The van der Waals surface area contributed by atoms with Gasteiger partial charge in [0.25, 0.3) is 5.56 Å². The van der Waals surface area contributed by atoms with Crippen LogP contribution in [0.3, 0.4) is 0 Å². The molecule has 2 saturated heterocycles. The van der Waals surface area contributed by atoms with E-state index in [9.17, 15) is 4.79 Å². The predicted octanol–water partition coefficient (Wildman–Crippen LogP) is 2.25. The summed E-state index contributed by atoms with van der Waals surface area (Å²) in [5, 5.41) is 0. The highest BCUT2D eigenvalue weighted by Crippen LogP contribution is 2.32. The summed E-state index contributed by atoms with van der Waals surface area (Å²) in [5.74, 6) is 2.03. The largest absolute Gasteiger partial charge is 0.381 e. The van der Waals surface area contributed by atoms with Crippen molar-refractivity contribution in [3.63, 3.8) is 0 Å². The van der Waals surface area contributed by atoms with Gasteiger partial charge in [-0.2, -0.15) is 0 Å². The van der Waals surface area contributed by atoms with Crippen molar-refractivity contribution in [3.05, 3.63) is 58.0 Å². The normalized spacial score (nSPS) is 23.4. The molecule has 2 aliphatic rings. The van der Waals surface area contributed by atoms with Crippen LogP contribution in [0.2, 0.25) is 0 Å². The molecule has 0 spiro atoms. The lowest BCUT2D eigenvalue weighted by Crippen LogP contribution is -2.22. The van der Waals surface area contributed by atoms with E-state index in [1.807, 2.05) is 23.7 Å². The maximum absolute atomic E-state index is 12.8. The zero-order chi connectivity index (χ0) is 20.7. The molecule has 5 heterocycles. The molecular weight excluding hydrogens is 380 g/mol. The maximum Gasteiger partial charge on any atom is 0.274 e. The van der Waals surface area contributed by atoms with Crippen molar-refractivity contribution in [2.24, 2.45) is 5.92 Å². The Morgan fingerprint density at radius 3 is 2.73 bits per heavy atom. The van der Waals surface area contributed by atoms with Gasteiger partial charge in [0.15, 0.2) is 0 Å². The van der Waals surface area contributed by atoms with Crippen LogP contribution in [-0.2, 0) is 11.3 Å². The van der Waals surface area contributed by atoms with Crippen LogP contribution in [0.15, 0.2) is 29.6 Å². The molecule has 1 N–H and O–H groups in total. The zero-order valence-electron chi connectivity index (χ0n) is 17.5. The fraction of sp³-hybridized carbons (Fsp3) is 0.545. The van der Waals surface area contributed by atoms with E-state index in [-0.39, 0.29) is 11.5 Å². The molecule has 8 nitrogen and oxygen atoms in total. The SMILES string of the molecule is Cc1cnc(CN2CC(C)C(c3cn4c(C5CCOCC5)ncc4c(=O)[nH]3)C2)cn1. The number of hydrogen-bond donors (Lipinski definition) is 1. The zero-order valence-corrected chi connectivity index (χ0v) is 17.5. The number of rotatable bonds is 4. The fourth-order valence-electron chi connectivity index (χ4n) is 4.82. The Labute approximate surface area is 175 Å². The maximum atomic E-state index is 12.8. The molecule has 2 fully saturated rings. The highest BCUT2D eigenvalue weighted by atomic mass is 16.5. The third-order valence-electron chi connectivity index (χ3n) is 6.48. The third-order valence-corrected chi connectivity index (χ3v) is 6.48. The Morgan fingerprint density at radius 2 is 1.97 bits per heavy atom. The summed E-state index contributed by atoms with van der Waals surface area (Å²) < 4.78 is 7.52. The van der Waals surface area contributed by atoms with E-state index >= 15 is 0 Å². The molecule has 0 amide bonds. The first-order chi connectivity index (χ1) is 14.6. The number of hydrogen-bond acceptors (Lipinski definition) is 6. The Hall–Kier alpha value is -2.58. The number of nitrogens with zero attached hydrogens (tertiary/aromatic N) is 5.